The van der Waals surface area contributed by atoms with Crippen LogP contribution in [-0.4, -0.2) is 13.6 Å². The van der Waals surface area contributed by atoms with Crippen molar-refractivity contribution in [2.45, 2.75) is 19.8 Å². The molecule has 0 amide bonds. The molecule has 1 aromatic rings. The third-order valence-electron chi connectivity index (χ3n) is 2.39. The molecule has 0 fully saturated rings. The Morgan fingerprint density at radius 2 is 2.12 bits per heavy atom. The highest BCUT2D eigenvalue weighted by Gasteiger charge is 2.04. The summed E-state index contributed by atoms with van der Waals surface area (Å²) in [6.45, 7) is 3.12. The first-order valence-electron chi connectivity index (χ1n) is 5.38. The number of rotatable bonds is 5. The lowest BCUT2D eigenvalue weighted by Crippen LogP contribution is -2.06. The second-order valence-electron chi connectivity index (χ2n) is 3.83. The van der Waals surface area contributed by atoms with E-state index in [0.717, 1.165) is 24.9 Å². The van der Waals surface area contributed by atoms with Crippen LogP contribution >= 0.6 is 23.2 Å². The van der Waals surface area contributed by atoms with Gasteiger partial charge in [-0.1, -0.05) is 47.0 Å². The third kappa shape index (κ3) is 4.17. The Bertz CT molecular complexity index is 372. The van der Waals surface area contributed by atoms with Crippen molar-refractivity contribution >= 4 is 23.2 Å². The second-order valence-corrected chi connectivity index (χ2v) is 4.62. The van der Waals surface area contributed by atoms with E-state index in [0.29, 0.717) is 10.0 Å². The summed E-state index contributed by atoms with van der Waals surface area (Å²) in [5.74, 6) is 0. The molecule has 0 saturated carbocycles. The second kappa shape index (κ2) is 6.95. The SMILES string of the molecule is CNCC/C=C(/C)Cc1cccc(Cl)c1Cl. The first kappa shape index (κ1) is 13.6. The molecule has 1 N–H and O–H groups in total. The van der Waals surface area contributed by atoms with E-state index in [1.54, 1.807) is 0 Å². The van der Waals surface area contributed by atoms with Gasteiger partial charge in [-0.15, -0.1) is 0 Å². The molecule has 0 bridgehead atoms. The quantitative estimate of drug-likeness (QED) is 0.619. The van der Waals surface area contributed by atoms with Crippen LogP contribution in [0, 0.1) is 0 Å². The Balaban J connectivity index is 2.66. The zero-order valence-electron chi connectivity index (χ0n) is 9.69. The van der Waals surface area contributed by atoms with Gasteiger partial charge in [0.25, 0.3) is 0 Å². The summed E-state index contributed by atoms with van der Waals surface area (Å²) in [4.78, 5) is 0. The molecule has 0 atom stereocenters. The number of halogens is 2. The summed E-state index contributed by atoms with van der Waals surface area (Å²) in [6.07, 6.45) is 4.14. The Morgan fingerprint density at radius 3 is 2.81 bits per heavy atom. The Hall–Kier alpha value is -0.500. The van der Waals surface area contributed by atoms with Crippen molar-refractivity contribution in [1.29, 1.82) is 0 Å². The predicted molar refractivity (Wildman–Crippen MR) is 72.5 cm³/mol. The van der Waals surface area contributed by atoms with E-state index in [1.807, 2.05) is 25.2 Å². The molecule has 1 nitrogen and oxygen atoms in total. The van der Waals surface area contributed by atoms with E-state index in [4.69, 9.17) is 23.2 Å². The van der Waals surface area contributed by atoms with Crippen LogP contribution in [0.5, 0.6) is 0 Å². The highest BCUT2D eigenvalue weighted by Crippen LogP contribution is 2.27. The first-order chi connectivity index (χ1) is 7.65. The maximum Gasteiger partial charge on any atom is 0.0627 e. The summed E-state index contributed by atoms with van der Waals surface area (Å²) in [5.41, 5.74) is 2.41. The predicted octanol–water partition coefficient (Wildman–Crippen LogP) is 4.09. The van der Waals surface area contributed by atoms with Crippen LogP contribution in [-0.2, 0) is 6.42 Å². The maximum absolute atomic E-state index is 6.13. The fourth-order valence-corrected chi connectivity index (χ4v) is 1.91. The molecule has 0 radical (unpaired) electrons. The van der Waals surface area contributed by atoms with Crippen LogP contribution in [0.3, 0.4) is 0 Å². The van der Waals surface area contributed by atoms with E-state index in [1.165, 1.54) is 5.57 Å². The van der Waals surface area contributed by atoms with E-state index in [2.05, 4.69) is 18.3 Å². The van der Waals surface area contributed by atoms with Crippen molar-refractivity contribution in [1.82, 2.24) is 5.32 Å². The molecule has 3 heteroatoms. The minimum absolute atomic E-state index is 0.627. The number of benzene rings is 1. The van der Waals surface area contributed by atoms with Crippen molar-refractivity contribution in [2.75, 3.05) is 13.6 Å². The standard InChI is InChI=1S/C13H17Cl2N/c1-10(5-4-8-16-2)9-11-6-3-7-12(14)13(11)15/h3,5-7,16H,4,8-9H2,1-2H3/b10-5-. The molecule has 88 valence electrons. The molecule has 16 heavy (non-hydrogen) atoms. The minimum atomic E-state index is 0.627. The van der Waals surface area contributed by atoms with E-state index in [9.17, 15) is 0 Å². The van der Waals surface area contributed by atoms with Gasteiger partial charge >= 0.3 is 0 Å². The fourth-order valence-electron chi connectivity index (χ4n) is 1.52. The van der Waals surface area contributed by atoms with Gasteiger partial charge in [-0.3, -0.25) is 0 Å². The van der Waals surface area contributed by atoms with Crippen LogP contribution in [0.25, 0.3) is 0 Å². The highest BCUT2D eigenvalue weighted by atomic mass is 35.5. The van der Waals surface area contributed by atoms with Gasteiger partial charge in [-0.2, -0.15) is 0 Å². The van der Waals surface area contributed by atoms with Gasteiger partial charge < -0.3 is 5.32 Å². The van der Waals surface area contributed by atoms with Crippen LogP contribution in [0.15, 0.2) is 29.8 Å². The van der Waals surface area contributed by atoms with E-state index in [-0.39, 0.29) is 0 Å². The molecular formula is C13H17Cl2N. The minimum Gasteiger partial charge on any atom is -0.319 e. The molecule has 0 unspecified atom stereocenters. The molecule has 0 aliphatic heterocycles. The van der Waals surface area contributed by atoms with Gasteiger partial charge in [-0.05, 0) is 45.0 Å². The van der Waals surface area contributed by atoms with E-state index >= 15 is 0 Å². The van der Waals surface area contributed by atoms with Gasteiger partial charge in [0.1, 0.15) is 0 Å². The average Bonchev–Trinajstić information content (AvgIpc) is 2.25. The lowest BCUT2D eigenvalue weighted by molar-refractivity contribution is 0.803. The molecule has 0 heterocycles. The Labute approximate surface area is 107 Å². The molecule has 0 aromatic heterocycles. The topological polar surface area (TPSA) is 12.0 Å². The normalized spacial score (nSPS) is 11.9. The summed E-state index contributed by atoms with van der Waals surface area (Å²) in [7, 11) is 1.96. The molecule has 1 aromatic carbocycles. The van der Waals surface area contributed by atoms with Crippen LogP contribution < -0.4 is 5.32 Å². The van der Waals surface area contributed by atoms with Crippen molar-refractivity contribution in [3.8, 4) is 0 Å². The van der Waals surface area contributed by atoms with Gasteiger partial charge in [0.15, 0.2) is 0 Å². The lowest BCUT2D eigenvalue weighted by atomic mass is 10.1. The summed E-state index contributed by atoms with van der Waals surface area (Å²) in [5, 5.41) is 4.41. The molecular weight excluding hydrogens is 241 g/mol. The molecule has 0 aliphatic rings. The van der Waals surface area contributed by atoms with Gasteiger partial charge in [0.2, 0.25) is 0 Å². The number of allylic oxidation sites excluding steroid dienone is 1. The maximum atomic E-state index is 6.13. The fraction of sp³-hybridized carbons (Fsp3) is 0.385. The van der Waals surface area contributed by atoms with Crippen molar-refractivity contribution in [3.63, 3.8) is 0 Å². The largest absolute Gasteiger partial charge is 0.319 e. The smallest absolute Gasteiger partial charge is 0.0627 e. The summed E-state index contributed by atoms with van der Waals surface area (Å²) in [6, 6.07) is 5.77. The zero-order chi connectivity index (χ0) is 12.0. The first-order valence-corrected chi connectivity index (χ1v) is 6.14. The van der Waals surface area contributed by atoms with Crippen molar-refractivity contribution < 1.29 is 0 Å². The summed E-state index contributed by atoms with van der Waals surface area (Å²) >= 11 is 12.1. The van der Waals surface area contributed by atoms with Crippen LogP contribution in [0.4, 0.5) is 0 Å². The van der Waals surface area contributed by atoms with Crippen molar-refractivity contribution in [2.24, 2.45) is 0 Å². The zero-order valence-corrected chi connectivity index (χ0v) is 11.2. The highest BCUT2D eigenvalue weighted by molar-refractivity contribution is 6.42. The van der Waals surface area contributed by atoms with Crippen LogP contribution in [0.1, 0.15) is 18.9 Å². The Kier molecular flexibility index (Phi) is 5.89. The van der Waals surface area contributed by atoms with Gasteiger partial charge in [0, 0.05) is 0 Å². The molecule has 0 spiro atoms. The van der Waals surface area contributed by atoms with Crippen LogP contribution in [0.2, 0.25) is 10.0 Å². The monoisotopic (exact) mass is 257 g/mol. The third-order valence-corrected chi connectivity index (χ3v) is 3.25. The summed E-state index contributed by atoms with van der Waals surface area (Å²) < 4.78 is 0. The van der Waals surface area contributed by atoms with Gasteiger partial charge in [0.05, 0.1) is 10.0 Å². The number of hydrogen-bond donors (Lipinski definition) is 1. The van der Waals surface area contributed by atoms with E-state index < -0.39 is 0 Å². The van der Waals surface area contributed by atoms with Gasteiger partial charge in [-0.25, -0.2) is 0 Å². The Morgan fingerprint density at radius 1 is 1.38 bits per heavy atom. The number of nitrogens with one attached hydrogen (secondary N) is 1. The van der Waals surface area contributed by atoms with Crippen molar-refractivity contribution in [3.05, 3.63) is 45.5 Å². The molecule has 0 aliphatic carbocycles. The molecule has 0 saturated heterocycles. The average molecular weight is 258 g/mol. The molecule has 1 rings (SSSR count). The lowest BCUT2D eigenvalue weighted by Gasteiger charge is -2.06. The number of hydrogen-bond acceptors (Lipinski definition) is 1.